The topological polar surface area (TPSA) is 357 Å². The molecule has 6 heterocycles. The molecule has 0 spiro atoms. The fourth-order valence-corrected chi connectivity index (χ4v) is 17.1. The number of hydrogen-bond acceptors (Lipinski definition) is 18. The van der Waals surface area contributed by atoms with Crippen LogP contribution in [0.1, 0.15) is 177 Å². The van der Waals surface area contributed by atoms with Crippen molar-refractivity contribution in [1.82, 2.24) is 40.9 Å². The van der Waals surface area contributed by atoms with E-state index in [2.05, 4.69) is 71.3 Å². The van der Waals surface area contributed by atoms with Gasteiger partial charge in [0.1, 0.15) is 60.0 Å². The summed E-state index contributed by atoms with van der Waals surface area (Å²) in [5.41, 5.74) is 8.02. The first-order valence-electron chi connectivity index (χ1n) is 41.2. The molecule has 120 heavy (non-hydrogen) atoms. The molecule has 6 saturated heterocycles. The summed E-state index contributed by atoms with van der Waals surface area (Å²) in [5.74, 6) is -3.20. The van der Waals surface area contributed by atoms with Crippen LogP contribution in [0.4, 0.5) is 62.1 Å². The summed E-state index contributed by atoms with van der Waals surface area (Å²) >= 11 is 0. The minimum Gasteiger partial charge on any atom is -0.453 e. The highest BCUT2D eigenvalue weighted by molar-refractivity contribution is 6.02. The van der Waals surface area contributed by atoms with E-state index in [-0.39, 0.29) is 83.1 Å². The summed E-state index contributed by atoms with van der Waals surface area (Å²) in [6.07, 6.45) is 6.42. The van der Waals surface area contributed by atoms with Gasteiger partial charge in [0.2, 0.25) is 47.3 Å². The molecule has 6 aliphatic rings. The molecular formula is C88H108F2N14O16. The minimum atomic E-state index is -0.798. The lowest BCUT2D eigenvalue weighted by molar-refractivity contribution is -0.138. The van der Waals surface area contributed by atoms with E-state index in [9.17, 15) is 66.3 Å². The maximum absolute atomic E-state index is 14.1. The van der Waals surface area contributed by atoms with Gasteiger partial charge in [0.05, 0.1) is 52.6 Å². The van der Waals surface area contributed by atoms with Crippen molar-refractivity contribution in [2.75, 3.05) is 85.7 Å². The van der Waals surface area contributed by atoms with Crippen LogP contribution in [-0.2, 0) is 57.3 Å². The molecule has 8 N–H and O–H groups in total. The second kappa shape index (κ2) is 41.3. The van der Waals surface area contributed by atoms with Crippen LogP contribution in [0, 0.1) is 11.6 Å². The van der Waals surface area contributed by atoms with Gasteiger partial charge in [-0.2, -0.15) is 0 Å². The van der Waals surface area contributed by atoms with Crippen LogP contribution >= 0.6 is 0 Å². The zero-order valence-electron chi connectivity index (χ0n) is 68.9. The van der Waals surface area contributed by atoms with E-state index >= 15 is 0 Å². The van der Waals surface area contributed by atoms with Crippen molar-refractivity contribution in [2.45, 2.75) is 203 Å². The first-order chi connectivity index (χ1) is 57.9. The van der Waals surface area contributed by atoms with Gasteiger partial charge >= 0.3 is 24.4 Å². The number of amides is 12. The number of benzene rings is 6. The molecule has 6 aliphatic heterocycles. The number of nitrogens with one attached hydrogen (secondary N) is 8. The predicted octanol–water partition coefficient (Wildman–Crippen LogP) is 12.1. The molecule has 0 radical (unpaired) electrons. The average Bonchev–Trinajstić information content (AvgIpc) is 1.61. The van der Waals surface area contributed by atoms with Gasteiger partial charge in [-0.05, 0) is 222 Å². The number of carbonyl (C=O) groups excluding carboxylic acids is 12. The zero-order chi connectivity index (χ0) is 85.8. The van der Waals surface area contributed by atoms with Crippen LogP contribution in [0.25, 0.3) is 0 Å². The average molecular weight is 1660 g/mol. The normalized spacial score (nSPS) is 20.9. The molecular weight excluding hydrogens is 1550 g/mol. The van der Waals surface area contributed by atoms with Gasteiger partial charge in [0.25, 0.3) is 0 Å². The smallest absolute Gasteiger partial charge is 0.407 e. The van der Waals surface area contributed by atoms with Crippen LogP contribution in [0.2, 0.25) is 0 Å². The third-order valence-electron chi connectivity index (χ3n) is 23.4. The second-order valence-electron chi connectivity index (χ2n) is 30.6. The first kappa shape index (κ1) is 88.4. The van der Waals surface area contributed by atoms with Gasteiger partial charge in [0.15, 0.2) is 0 Å². The minimum absolute atomic E-state index is 0.0765. The van der Waals surface area contributed by atoms with Gasteiger partial charge in [0, 0.05) is 60.3 Å². The molecule has 12 amide bonds. The van der Waals surface area contributed by atoms with Crippen LogP contribution in [0.3, 0.4) is 0 Å². The molecule has 0 saturated carbocycles. The monoisotopic (exact) mass is 1650 g/mol. The molecule has 12 rings (SSSR count). The van der Waals surface area contributed by atoms with Crippen LogP contribution in [0.15, 0.2) is 146 Å². The summed E-state index contributed by atoms with van der Waals surface area (Å²) in [5, 5.41) is 22.1. The zero-order valence-corrected chi connectivity index (χ0v) is 68.9. The Morgan fingerprint density at radius 2 is 0.508 bits per heavy atom. The number of anilines is 6. The van der Waals surface area contributed by atoms with E-state index in [1.165, 1.54) is 72.3 Å². The highest BCUT2D eigenvalue weighted by Gasteiger charge is 2.44. The molecule has 0 bridgehead atoms. The lowest BCUT2D eigenvalue weighted by atomic mass is 10.0. The van der Waals surface area contributed by atoms with Crippen molar-refractivity contribution in [3.8, 4) is 0 Å². The Hall–Kier alpha value is -12.4. The van der Waals surface area contributed by atoms with E-state index in [0.717, 1.165) is 59.3 Å². The van der Waals surface area contributed by atoms with Crippen LogP contribution < -0.4 is 52.3 Å². The third kappa shape index (κ3) is 21.2. The number of hydrogen-bond donors (Lipinski definition) is 8. The number of nitrogens with zero attached hydrogens (tertiary/aromatic N) is 6. The third-order valence-corrected chi connectivity index (χ3v) is 23.4. The maximum atomic E-state index is 14.1. The van der Waals surface area contributed by atoms with Crippen molar-refractivity contribution < 1.29 is 85.3 Å². The number of ether oxygens (including phenoxy) is 4. The predicted molar refractivity (Wildman–Crippen MR) is 445 cm³/mol. The summed E-state index contributed by atoms with van der Waals surface area (Å²) in [7, 11) is 4.93. The van der Waals surface area contributed by atoms with E-state index in [1.54, 1.807) is 52.0 Å². The van der Waals surface area contributed by atoms with Crippen molar-refractivity contribution in [3.63, 3.8) is 0 Å². The van der Waals surface area contributed by atoms with Gasteiger partial charge in [-0.15, -0.1) is 0 Å². The van der Waals surface area contributed by atoms with Crippen molar-refractivity contribution in [3.05, 3.63) is 179 Å². The number of carbonyl (C=O) groups is 12. The Morgan fingerprint density at radius 1 is 0.308 bits per heavy atom. The molecule has 6 fully saturated rings. The van der Waals surface area contributed by atoms with Crippen molar-refractivity contribution >= 4 is 106 Å². The molecule has 640 valence electrons. The van der Waals surface area contributed by atoms with E-state index in [1.807, 2.05) is 97.1 Å². The standard InChI is InChI=1S/2C44H54FN7O8/c2*1-5-33(48-43(57)59-3)41(55)50-25-7-9-37(50)39(53)46-30-17-11-27(12-18-30)35-23-24-36(52(35)32-21-15-29(45)16-22-32)28-13-19-31(20-14-28)47-40(54)38-10-8-26-51(38)42(56)34(6-2)49-44(58)60-4/h2*11-22,33-38H,5-10,23-26H2,1-4H3,(H,46,53)(H,47,54)(H,48,57)(H,49,58)/t33-,34-,35+,36+,37-,38-;33-,34-,35-,36-,37-,38-/m00/s1. The summed E-state index contributed by atoms with van der Waals surface area (Å²) in [6, 6.07) is 37.1. The number of rotatable bonds is 26. The van der Waals surface area contributed by atoms with Crippen molar-refractivity contribution in [2.24, 2.45) is 0 Å². The van der Waals surface area contributed by atoms with E-state index < -0.39 is 72.7 Å². The molecule has 6 aromatic carbocycles. The second-order valence-corrected chi connectivity index (χ2v) is 30.6. The first-order valence-corrected chi connectivity index (χ1v) is 41.2. The quantitative estimate of drug-likeness (QED) is 0.0234. The van der Waals surface area contributed by atoms with Crippen molar-refractivity contribution in [1.29, 1.82) is 0 Å². The molecule has 32 heteroatoms. The molecule has 0 aliphatic carbocycles. The Morgan fingerprint density at radius 3 is 0.692 bits per heavy atom. The number of alkyl carbamates (subject to hydrolysis) is 4. The summed E-state index contributed by atoms with van der Waals surface area (Å²) in [4.78, 5) is 165. The lowest BCUT2D eigenvalue weighted by Crippen LogP contribution is -2.52. The molecule has 0 aromatic heterocycles. The molecule has 30 nitrogen and oxygen atoms in total. The highest BCUT2D eigenvalue weighted by atomic mass is 19.1. The maximum Gasteiger partial charge on any atom is 0.407 e. The Labute approximate surface area is 696 Å². The van der Waals surface area contributed by atoms with Gasteiger partial charge in [-0.1, -0.05) is 76.2 Å². The fraction of sp³-hybridized carbons (Fsp3) is 0.455. The van der Waals surface area contributed by atoms with E-state index in [0.29, 0.717) is 126 Å². The number of methoxy groups -OCH3 is 4. The number of halogens is 2. The lowest BCUT2D eigenvalue weighted by Gasteiger charge is -2.33. The van der Waals surface area contributed by atoms with Gasteiger partial charge in [-0.25, -0.2) is 28.0 Å². The summed E-state index contributed by atoms with van der Waals surface area (Å²) < 4.78 is 46.9. The largest absolute Gasteiger partial charge is 0.453 e. The van der Waals surface area contributed by atoms with Crippen LogP contribution in [-0.4, -0.2) is 194 Å². The molecule has 6 aromatic rings. The van der Waals surface area contributed by atoms with Gasteiger partial charge in [-0.3, -0.25) is 38.4 Å². The van der Waals surface area contributed by atoms with E-state index in [4.69, 9.17) is 0 Å². The SMILES string of the molecule is CC[C@H](NC(=O)OC)C(=O)N1CCC[C@H]1C(=O)Nc1ccc([C@@H]2CC[C@@H](c3ccc(NC(=O)[C@@H]4CCCN4C(=O)[C@H](CC)NC(=O)OC)cc3)N2c2ccc(F)cc2)cc1.CC[C@H](NC(=O)OC)C(=O)N1CCC[C@H]1C(=O)Nc1ccc([C@H]2CC[C@H](c3ccc(NC(=O)[C@@H]4CCCN4C(=O)[C@H](CC)NC(=O)OC)cc3)N2c2ccc(F)cc2)cc1. The number of likely N-dealkylation sites (tertiary alicyclic amines) is 4. The molecule has 12 atom stereocenters. The Balaban J connectivity index is 0.000000235. The van der Waals surface area contributed by atoms with Crippen LogP contribution in [0.5, 0.6) is 0 Å². The van der Waals surface area contributed by atoms with Gasteiger partial charge < -0.3 is 90.9 Å². The Bertz CT molecular complexity index is 4080. The Kier molecular flexibility index (Phi) is 30.5. The highest BCUT2D eigenvalue weighted by Crippen LogP contribution is 2.49. The molecule has 0 unspecified atom stereocenters. The fourth-order valence-electron chi connectivity index (χ4n) is 17.1. The summed E-state index contributed by atoms with van der Waals surface area (Å²) in [6.45, 7) is 8.77.